The molecule has 1 heterocycles. The van der Waals surface area contributed by atoms with Gasteiger partial charge in [0, 0.05) is 18.5 Å². The molecule has 6 nitrogen and oxygen atoms in total. The Bertz CT molecular complexity index is 580. The zero-order valence-corrected chi connectivity index (χ0v) is 11.4. The number of hydrogen-bond donors (Lipinski definition) is 2. The van der Waals surface area contributed by atoms with Crippen LogP contribution in [-0.2, 0) is 17.8 Å². The second-order valence-electron chi connectivity index (χ2n) is 4.65. The smallest absolute Gasteiger partial charge is 0.246 e. The first kappa shape index (κ1) is 14.2. The summed E-state index contributed by atoms with van der Waals surface area (Å²) in [6, 6.07) is 7.62. The van der Waals surface area contributed by atoms with E-state index < -0.39 is 0 Å². The minimum Gasteiger partial charge on any atom is -0.396 e. The molecule has 0 aliphatic rings. The predicted octanol–water partition coefficient (Wildman–Crippen LogP) is 1.15. The molecule has 0 radical (unpaired) electrons. The Kier molecular flexibility index (Phi) is 4.84. The van der Waals surface area contributed by atoms with Crippen molar-refractivity contribution in [2.45, 2.75) is 26.3 Å². The van der Waals surface area contributed by atoms with Gasteiger partial charge in [0.15, 0.2) is 0 Å². The molecule has 0 bridgehead atoms. The van der Waals surface area contributed by atoms with Gasteiger partial charge >= 0.3 is 0 Å². The van der Waals surface area contributed by atoms with Crippen LogP contribution >= 0.6 is 0 Å². The summed E-state index contributed by atoms with van der Waals surface area (Å²) in [6.45, 7) is 2.22. The number of rotatable bonds is 6. The Morgan fingerprint density at radius 1 is 1.45 bits per heavy atom. The van der Waals surface area contributed by atoms with Gasteiger partial charge in [0.2, 0.25) is 5.91 Å². The van der Waals surface area contributed by atoms with E-state index in [-0.39, 0.29) is 19.1 Å². The Balaban J connectivity index is 1.89. The molecular formula is C14H18N4O2. The summed E-state index contributed by atoms with van der Waals surface area (Å²) in [4.78, 5) is 11.9. The fraction of sp³-hybridized carbons (Fsp3) is 0.357. The highest BCUT2D eigenvalue weighted by Gasteiger charge is 2.06. The summed E-state index contributed by atoms with van der Waals surface area (Å²) in [5.41, 5.74) is 2.65. The molecule has 6 heteroatoms. The van der Waals surface area contributed by atoms with Gasteiger partial charge in [-0.3, -0.25) is 4.79 Å². The quantitative estimate of drug-likeness (QED) is 0.828. The second-order valence-corrected chi connectivity index (χ2v) is 4.65. The normalized spacial score (nSPS) is 10.5. The van der Waals surface area contributed by atoms with E-state index in [4.69, 9.17) is 5.11 Å². The number of nitrogens with zero attached hydrogens (tertiary/aromatic N) is 3. The van der Waals surface area contributed by atoms with Crippen molar-refractivity contribution in [2.24, 2.45) is 0 Å². The first-order valence-corrected chi connectivity index (χ1v) is 6.54. The van der Waals surface area contributed by atoms with Crippen LogP contribution in [0.1, 0.15) is 17.7 Å². The second kappa shape index (κ2) is 6.81. The van der Waals surface area contributed by atoms with Crippen LogP contribution in [-0.4, -0.2) is 32.6 Å². The third-order valence-corrected chi connectivity index (χ3v) is 2.78. The van der Waals surface area contributed by atoms with Gasteiger partial charge < -0.3 is 10.4 Å². The maximum atomic E-state index is 11.9. The zero-order chi connectivity index (χ0) is 14.4. The van der Waals surface area contributed by atoms with Gasteiger partial charge in [-0.15, -0.1) is 5.10 Å². The number of hydrogen-bond acceptors (Lipinski definition) is 4. The fourth-order valence-corrected chi connectivity index (χ4v) is 1.86. The van der Waals surface area contributed by atoms with Crippen LogP contribution in [0.3, 0.4) is 0 Å². The Labute approximate surface area is 117 Å². The SMILES string of the molecule is Cc1cccc(NC(=O)Cn2cc(CCCO)nn2)c1. The van der Waals surface area contributed by atoms with E-state index in [9.17, 15) is 4.79 Å². The van der Waals surface area contributed by atoms with Gasteiger partial charge in [0.1, 0.15) is 6.54 Å². The van der Waals surface area contributed by atoms with Crippen molar-refractivity contribution in [1.29, 1.82) is 0 Å². The van der Waals surface area contributed by atoms with Crippen LogP contribution in [0.4, 0.5) is 5.69 Å². The van der Waals surface area contributed by atoms with Gasteiger partial charge in [0.05, 0.1) is 5.69 Å². The lowest BCUT2D eigenvalue weighted by Crippen LogP contribution is -2.19. The summed E-state index contributed by atoms with van der Waals surface area (Å²) in [7, 11) is 0. The van der Waals surface area contributed by atoms with Gasteiger partial charge in [-0.25, -0.2) is 4.68 Å². The molecule has 0 aliphatic heterocycles. The lowest BCUT2D eigenvalue weighted by molar-refractivity contribution is -0.116. The molecule has 2 rings (SSSR count). The van der Waals surface area contributed by atoms with Gasteiger partial charge in [-0.05, 0) is 37.5 Å². The summed E-state index contributed by atoms with van der Waals surface area (Å²) in [5, 5.41) is 19.4. The highest BCUT2D eigenvalue weighted by Crippen LogP contribution is 2.09. The third-order valence-electron chi connectivity index (χ3n) is 2.78. The third kappa shape index (κ3) is 4.17. The first-order chi connectivity index (χ1) is 9.67. The number of aliphatic hydroxyl groups is 1. The van der Waals surface area contributed by atoms with Gasteiger partial charge in [0.25, 0.3) is 0 Å². The highest BCUT2D eigenvalue weighted by molar-refractivity contribution is 5.90. The Hall–Kier alpha value is -2.21. The molecule has 2 N–H and O–H groups in total. The number of carbonyl (C=O) groups is 1. The van der Waals surface area contributed by atoms with Crippen molar-refractivity contribution in [1.82, 2.24) is 15.0 Å². The number of nitrogens with one attached hydrogen (secondary N) is 1. The van der Waals surface area contributed by atoms with E-state index in [1.54, 1.807) is 6.20 Å². The molecule has 0 atom stereocenters. The Morgan fingerprint density at radius 2 is 2.30 bits per heavy atom. The lowest BCUT2D eigenvalue weighted by atomic mass is 10.2. The van der Waals surface area contributed by atoms with Crippen molar-refractivity contribution in [2.75, 3.05) is 11.9 Å². The number of aromatic nitrogens is 3. The first-order valence-electron chi connectivity index (χ1n) is 6.54. The van der Waals surface area contributed by atoms with Crippen molar-refractivity contribution >= 4 is 11.6 Å². The highest BCUT2D eigenvalue weighted by atomic mass is 16.2. The van der Waals surface area contributed by atoms with Crippen LogP contribution in [0.25, 0.3) is 0 Å². The lowest BCUT2D eigenvalue weighted by Gasteiger charge is -2.05. The van der Waals surface area contributed by atoms with E-state index in [0.29, 0.717) is 12.8 Å². The van der Waals surface area contributed by atoms with Crippen LogP contribution in [0.5, 0.6) is 0 Å². The molecule has 0 saturated heterocycles. The van der Waals surface area contributed by atoms with Crippen LogP contribution < -0.4 is 5.32 Å². The fourth-order valence-electron chi connectivity index (χ4n) is 1.86. The molecule has 20 heavy (non-hydrogen) atoms. The van der Waals surface area contributed by atoms with E-state index in [1.807, 2.05) is 31.2 Å². The largest absolute Gasteiger partial charge is 0.396 e. The van der Waals surface area contributed by atoms with Crippen molar-refractivity contribution in [3.63, 3.8) is 0 Å². The molecule has 1 amide bonds. The summed E-state index contributed by atoms with van der Waals surface area (Å²) in [6.07, 6.45) is 3.04. The van der Waals surface area contributed by atoms with Crippen molar-refractivity contribution < 1.29 is 9.90 Å². The molecule has 1 aromatic heterocycles. The number of aliphatic hydroxyl groups excluding tert-OH is 1. The van der Waals surface area contributed by atoms with E-state index in [0.717, 1.165) is 16.9 Å². The average Bonchev–Trinajstić information content (AvgIpc) is 2.83. The van der Waals surface area contributed by atoms with Gasteiger partial charge in [-0.1, -0.05) is 17.3 Å². The zero-order valence-electron chi connectivity index (χ0n) is 11.4. The predicted molar refractivity (Wildman–Crippen MR) is 75.2 cm³/mol. The van der Waals surface area contributed by atoms with Crippen LogP contribution in [0, 0.1) is 6.92 Å². The number of carbonyl (C=O) groups excluding carboxylic acids is 1. The van der Waals surface area contributed by atoms with E-state index >= 15 is 0 Å². The van der Waals surface area contributed by atoms with E-state index in [1.165, 1.54) is 4.68 Å². The minimum absolute atomic E-state index is 0.125. The maximum absolute atomic E-state index is 11.9. The van der Waals surface area contributed by atoms with Crippen molar-refractivity contribution in [3.8, 4) is 0 Å². The summed E-state index contributed by atoms with van der Waals surface area (Å²) >= 11 is 0. The Morgan fingerprint density at radius 3 is 3.05 bits per heavy atom. The molecule has 0 aliphatic carbocycles. The molecular weight excluding hydrogens is 256 g/mol. The van der Waals surface area contributed by atoms with Crippen LogP contribution in [0.2, 0.25) is 0 Å². The molecule has 0 spiro atoms. The summed E-state index contributed by atoms with van der Waals surface area (Å²) in [5.74, 6) is -0.144. The monoisotopic (exact) mass is 274 g/mol. The molecule has 2 aromatic rings. The molecule has 1 aromatic carbocycles. The average molecular weight is 274 g/mol. The number of anilines is 1. The molecule has 0 fully saturated rings. The standard InChI is InChI=1S/C14H18N4O2/c1-11-4-2-5-12(8-11)15-14(20)10-18-9-13(16-17-18)6-3-7-19/h2,4-5,8-9,19H,3,6-7,10H2,1H3,(H,15,20). The van der Waals surface area contributed by atoms with Gasteiger partial charge in [-0.2, -0.15) is 0 Å². The van der Waals surface area contributed by atoms with Crippen LogP contribution in [0.15, 0.2) is 30.5 Å². The minimum atomic E-state index is -0.144. The molecule has 0 unspecified atom stereocenters. The molecule has 106 valence electrons. The molecule has 0 saturated carbocycles. The maximum Gasteiger partial charge on any atom is 0.246 e. The number of benzene rings is 1. The topological polar surface area (TPSA) is 80.0 Å². The number of aryl methyl sites for hydroxylation is 2. The van der Waals surface area contributed by atoms with E-state index in [2.05, 4.69) is 15.6 Å². The van der Waals surface area contributed by atoms with Crippen molar-refractivity contribution in [3.05, 3.63) is 41.7 Å². The summed E-state index contributed by atoms with van der Waals surface area (Å²) < 4.78 is 1.50. The number of amides is 1.